The maximum atomic E-state index is 5.85. The molecule has 4 nitrogen and oxygen atoms in total. The molecule has 116 valence electrons. The fourth-order valence-electron chi connectivity index (χ4n) is 3.85. The van der Waals surface area contributed by atoms with Crippen molar-refractivity contribution in [1.29, 1.82) is 0 Å². The molecule has 3 atom stereocenters. The van der Waals surface area contributed by atoms with E-state index in [0.29, 0.717) is 18.1 Å². The average Bonchev–Trinajstić information content (AvgIpc) is 2.87. The van der Waals surface area contributed by atoms with Crippen molar-refractivity contribution in [3.8, 4) is 5.88 Å². The summed E-state index contributed by atoms with van der Waals surface area (Å²) in [5.74, 6) is 1.41. The van der Waals surface area contributed by atoms with Gasteiger partial charge in [-0.3, -0.25) is 0 Å². The molecule has 1 aromatic heterocycles. The van der Waals surface area contributed by atoms with E-state index in [1.54, 1.807) is 6.20 Å². The highest BCUT2D eigenvalue weighted by Crippen LogP contribution is 2.52. The molecule has 0 bridgehead atoms. The second kappa shape index (κ2) is 5.58. The molecule has 1 aromatic rings. The molecule has 4 heteroatoms. The van der Waals surface area contributed by atoms with Gasteiger partial charge in [-0.05, 0) is 26.3 Å². The Labute approximate surface area is 127 Å². The Bertz CT molecular complexity index is 501. The lowest BCUT2D eigenvalue weighted by Gasteiger charge is -2.55. The molecule has 0 radical (unpaired) electrons. The highest BCUT2D eigenvalue weighted by atomic mass is 16.5. The summed E-state index contributed by atoms with van der Waals surface area (Å²) in [6.07, 6.45) is 3.53. The van der Waals surface area contributed by atoms with Crippen molar-refractivity contribution in [2.45, 2.75) is 58.9 Å². The number of aromatic nitrogens is 1. The standard InChI is InChI=1S/C17H26N2O2/c1-11(2)21-16-12(6-5-8-18-16)10-19-14-13-7-9-20-15(13)17(14,3)4/h5-6,8,11,13-15,19H,7,9-10H2,1-4H3. The second-order valence-electron chi connectivity index (χ2n) is 7.06. The minimum atomic E-state index is 0.145. The molecule has 21 heavy (non-hydrogen) atoms. The van der Waals surface area contributed by atoms with E-state index in [9.17, 15) is 0 Å². The fourth-order valence-corrected chi connectivity index (χ4v) is 3.85. The summed E-state index contributed by atoms with van der Waals surface area (Å²) in [7, 11) is 0. The van der Waals surface area contributed by atoms with Crippen LogP contribution in [0.1, 0.15) is 39.7 Å². The van der Waals surface area contributed by atoms with Gasteiger partial charge in [0.25, 0.3) is 0 Å². The van der Waals surface area contributed by atoms with Crippen LogP contribution in [0.2, 0.25) is 0 Å². The lowest BCUT2D eigenvalue weighted by Crippen LogP contribution is -2.65. The lowest BCUT2D eigenvalue weighted by atomic mass is 9.57. The lowest BCUT2D eigenvalue weighted by molar-refractivity contribution is -0.113. The number of hydrogen-bond acceptors (Lipinski definition) is 4. The number of nitrogens with one attached hydrogen (secondary N) is 1. The number of hydrogen-bond donors (Lipinski definition) is 1. The number of rotatable bonds is 5. The maximum Gasteiger partial charge on any atom is 0.218 e. The molecule has 1 N–H and O–H groups in total. The first kappa shape index (κ1) is 14.8. The van der Waals surface area contributed by atoms with Gasteiger partial charge in [-0.25, -0.2) is 4.98 Å². The molecule has 0 spiro atoms. The normalized spacial score (nSPS) is 30.0. The zero-order valence-corrected chi connectivity index (χ0v) is 13.4. The van der Waals surface area contributed by atoms with Crippen LogP contribution in [-0.2, 0) is 11.3 Å². The highest BCUT2D eigenvalue weighted by Gasteiger charge is 2.58. The Balaban J connectivity index is 1.65. The van der Waals surface area contributed by atoms with Crippen molar-refractivity contribution < 1.29 is 9.47 Å². The first-order valence-electron chi connectivity index (χ1n) is 7.95. The first-order chi connectivity index (χ1) is 10.00. The molecular formula is C17H26N2O2. The molecule has 1 aliphatic carbocycles. The van der Waals surface area contributed by atoms with Crippen LogP contribution in [0.3, 0.4) is 0 Å². The zero-order valence-electron chi connectivity index (χ0n) is 13.4. The van der Waals surface area contributed by atoms with Crippen LogP contribution in [0.15, 0.2) is 18.3 Å². The SMILES string of the molecule is CC(C)Oc1ncccc1CNC1C2CCOC2C1(C)C. The van der Waals surface area contributed by atoms with Crippen LogP contribution in [-0.4, -0.2) is 29.8 Å². The van der Waals surface area contributed by atoms with Gasteiger partial charge in [0.15, 0.2) is 0 Å². The third kappa shape index (κ3) is 2.67. The minimum absolute atomic E-state index is 0.145. The van der Waals surface area contributed by atoms with Gasteiger partial charge < -0.3 is 14.8 Å². The predicted molar refractivity (Wildman–Crippen MR) is 82.3 cm³/mol. The minimum Gasteiger partial charge on any atom is -0.475 e. The molecular weight excluding hydrogens is 264 g/mol. The van der Waals surface area contributed by atoms with E-state index >= 15 is 0 Å². The van der Waals surface area contributed by atoms with Crippen LogP contribution < -0.4 is 10.1 Å². The molecule has 2 aliphatic rings. The second-order valence-corrected chi connectivity index (χ2v) is 7.06. The monoisotopic (exact) mass is 290 g/mol. The van der Waals surface area contributed by atoms with Crippen LogP contribution in [0.25, 0.3) is 0 Å². The molecule has 1 saturated heterocycles. The summed E-state index contributed by atoms with van der Waals surface area (Å²) >= 11 is 0. The van der Waals surface area contributed by atoms with E-state index in [1.807, 2.05) is 19.9 Å². The Morgan fingerprint density at radius 3 is 3.05 bits per heavy atom. The summed E-state index contributed by atoms with van der Waals surface area (Å²) < 4.78 is 11.6. The van der Waals surface area contributed by atoms with Crippen molar-refractivity contribution >= 4 is 0 Å². The molecule has 0 aromatic carbocycles. The average molecular weight is 290 g/mol. The topological polar surface area (TPSA) is 43.4 Å². The van der Waals surface area contributed by atoms with Gasteiger partial charge in [0, 0.05) is 42.3 Å². The van der Waals surface area contributed by atoms with Gasteiger partial charge in [-0.15, -0.1) is 0 Å². The Morgan fingerprint density at radius 2 is 2.29 bits per heavy atom. The van der Waals surface area contributed by atoms with Crippen molar-refractivity contribution in [3.05, 3.63) is 23.9 Å². The van der Waals surface area contributed by atoms with Crippen molar-refractivity contribution in [1.82, 2.24) is 10.3 Å². The Hall–Kier alpha value is -1.13. The Kier molecular flexibility index (Phi) is 3.93. The van der Waals surface area contributed by atoms with Crippen molar-refractivity contribution in [3.63, 3.8) is 0 Å². The van der Waals surface area contributed by atoms with E-state index < -0.39 is 0 Å². The molecule has 3 rings (SSSR count). The zero-order chi connectivity index (χ0) is 15.0. The largest absolute Gasteiger partial charge is 0.475 e. The maximum absolute atomic E-state index is 5.85. The van der Waals surface area contributed by atoms with Gasteiger partial charge in [0.1, 0.15) is 0 Å². The van der Waals surface area contributed by atoms with Gasteiger partial charge in [0.2, 0.25) is 5.88 Å². The van der Waals surface area contributed by atoms with E-state index in [-0.39, 0.29) is 11.5 Å². The number of nitrogens with zero attached hydrogens (tertiary/aromatic N) is 1. The van der Waals surface area contributed by atoms with Crippen LogP contribution in [0, 0.1) is 11.3 Å². The number of ether oxygens (including phenoxy) is 2. The third-order valence-electron chi connectivity index (χ3n) is 4.81. The van der Waals surface area contributed by atoms with Gasteiger partial charge in [-0.2, -0.15) is 0 Å². The first-order valence-corrected chi connectivity index (χ1v) is 7.95. The summed E-state index contributed by atoms with van der Waals surface area (Å²) in [4.78, 5) is 4.36. The van der Waals surface area contributed by atoms with Crippen LogP contribution >= 0.6 is 0 Å². The van der Waals surface area contributed by atoms with E-state index in [0.717, 1.165) is 24.6 Å². The summed E-state index contributed by atoms with van der Waals surface area (Å²) in [6, 6.07) is 4.57. The molecule has 1 saturated carbocycles. The van der Waals surface area contributed by atoms with Crippen LogP contribution in [0.4, 0.5) is 0 Å². The van der Waals surface area contributed by atoms with Crippen molar-refractivity contribution in [2.24, 2.45) is 11.3 Å². The van der Waals surface area contributed by atoms with Gasteiger partial charge >= 0.3 is 0 Å². The third-order valence-corrected chi connectivity index (χ3v) is 4.81. The molecule has 3 unspecified atom stereocenters. The molecule has 1 aliphatic heterocycles. The van der Waals surface area contributed by atoms with E-state index in [2.05, 4.69) is 30.2 Å². The van der Waals surface area contributed by atoms with E-state index in [1.165, 1.54) is 6.42 Å². The molecule has 2 fully saturated rings. The van der Waals surface area contributed by atoms with Gasteiger partial charge in [0.05, 0.1) is 12.2 Å². The Morgan fingerprint density at radius 1 is 1.48 bits per heavy atom. The molecule has 2 heterocycles. The summed E-state index contributed by atoms with van der Waals surface area (Å²) in [5.41, 5.74) is 1.34. The number of fused-ring (bicyclic) bond motifs is 1. The van der Waals surface area contributed by atoms with E-state index in [4.69, 9.17) is 9.47 Å². The predicted octanol–water partition coefficient (Wildman–Crippen LogP) is 2.77. The molecule has 0 amide bonds. The fraction of sp³-hybridized carbons (Fsp3) is 0.706. The summed E-state index contributed by atoms with van der Waals surface area (Å²) in [5, 5.41) is 3.71. The summed E-state index contributed by atoms with van der Waals surface area (Å²) in [6.45, 7) is 10.4. The quantitative estimate of drug-likeness (QED) is 0.905. The van der Waals surface area contributed by atoms with Crippen molar-refractivity contribution in [2.75, 3.05) is 6.61 Å². The van der Waals surface area contributed by atoms with Crippen LogP contribution in [0.5, 0.6) is 5.88 Å². The smallest absolute Gasteiger partial charge is 0.218 e. The highest BCUT2D eigenvalue weighted by molar-refractivity contribution is 5.26. The number of pyridine rings is 1. The van der Waals surface area contributed by atoms with Gasteiger partial charge in [-0.1, -0.05) is 19.9 Å².